The van der Waals surface area contributed by atoms with Crippen LogP contribution in [0.25, 0.3) is 0 Å². The number of hydrogen-bond acceptors (Lipinski definition) is 2. The van der Waals surface area contributed by atoms with Crippen LogP contribution in [-0.4, -0.2) is 18.4 Å². The predicted molar refractivity (Wildman–Crippen MR) is 42.2 cm³/mol. The van der Waals surface area contributed by atoms with E-state index in [9.17, 15) is 0 Å². The van der Waals surface area contributed by atoms with Crippen molar-refractivity contribution in [3.05, 3.63) is 0 Å². The summed E-state index contributed by atoms with van der Waals surface area (Å²) < 4.78 is 0. The normalized spacial score (nSPS) is 44.7. The maximum atomic E-state index is 4.37. The van der Waals surface area contributed by atoms with E-state index in [4.69, 9.17) is 0 Å². The molecule has 56 valence electrons. The standard InChI is InChI=1S/C8H14N2/c1-6-2-3-7-8(4-6)10-5-9-7/h5-8H,2-4H2,1H3,(H,9,10). The Hall–Kier alpha value is -0.530. The third kappa shape index (κ3) is 0.917. The molecule has 2 rings (SSSR count). The van der Waals surface area contributed by atoms with E-state index in [0.29, 0.717) is 12.1 Å². The molecule has 10 heavy (non-hydrogen) atoms. The Bertz CT molecular complexity index is 153. The molecule has 0 aromatic heterocycles. The lowest BCUT2D eigenvalue weighted by Gasteiger charge is -2.27. The topological polar surface area (TPSA) is 24.4 Å². The monoisotopic (exact) mass is 138 g/mol. The predicted octanol–water partition coefficient (Wildman–Crippen LogP) is 1.18. The van der Waals surface area contributed by atoms with Crippen molar-refractivity contribution in [1.29, 1.82) is 0 Å². The highest BCUT2D eigenvalue weighted by atomic mass is 15.1. The van der Waals surface area contributed by atoms with E-state index < -0.39 is 0 Å². The zero-order valence-electron chi connectivity index (χ0n) is 6.38. The summed E-state index contributed by atoms with van der Waals surface area (Å²) in [6.07, 6.45) is 5.85. The summed E-state index contributed by atoms with van der Waals surface area (Å²) in [4.78, 5) is 4.37. The van der Waals surface area contributed by atoms with Crippen LogP contribution < -0.4 is 5.32 Å². The van der Waals surface area contributed by atoms with Gasteiger partial charge in [-0.05, 0) is 25.2 Å². The first kappa shape index (κ1) is 6.20. The first-order valence-corrected chi connectivity index (χ1v) is 4.14. The van der Waals surface area contributed by atoms with Crippen molar-refractivity contribution in [2.45, 2.75) is 38.3 Å². The van der Waals surface area contributed by atoms with Crippen LogP contribution in [0.4, 0.5) is 0 Å². The molecule has 3 unspecified atom stereocenters. The lowest BCUT2D eigenvalue weighted by Crippen LogP contribution is -2.36. The van der Waals surface area contributed by atoms with E-state index in [-0.39, 0.29) is 0 Å². The summed E-state index contributed by atoms with van der Waals surface area (Å²) in [7, 11) is 0. The lowest BCUT2D eigenvalue weighted by atomic mass is 9.84. The summed E-state index contributed by atoms with van der Waals surface area (Å²) in [5.74, 6) is 0.887. The largest absolute Gasteiger partial charge is 0.372 e. The van der Waals surface area contributed by atoms with Gasteiger partial charge in [0.2, 0.25) is 0 Å². The van der Waals surface area contributed by atoms with Crippen molar-refractivity contribution in [1.82, 2.24) is 5.32 Å². The van der Waals surface area contributed by atoms with Gasteiger partial charge in [0.05, 0.1) is 12.4 Å². The number of hydrogen-bond donors (Lipinski definition) is 1. The summed E-state index contributed by atoms with van der Waals surface area (Å²) in [6, 6.07) is 1.28. The fraction of sp³-hybridized carbons (Fsp3) is 0.875. The Morgan fingerprint density at radius 2 is 2.40 bits per heavy atom. The Morgan fingerprint density at radius 3 is 3.30 bits per heavy atom. The number of nitrogens with zero attached hydrogens (tertiary/aromatic N) is 1. The van der Waals surface area contributed by atoms with E-state index in [0.717, 1.165) is 5.92 Å². The van der Waals surface area contributed by atoms with Crippen LogP contribution in [0.5, 0.6) is 0 Å². The van der Waals surface area contributed by atoms with Crippen molar-refractivity contribution in [2.75, 3.05) is 0 Å². The van der Waals surface area contributed by atoms with Gasteiger partial charge in [-0.1, -0.05) is 6.92 Å². The van der Waals surface area contributed by atoms with Crippen LogP contribution in [0.1, 0.15) is 26.2 Å². The van der Waals surface area contributed by atoms with E-state index in [1.165, 1.54) is 19.3 Å². The van der Waals surface area contributed by atoms with Gasteiger partial charge in [0.15, 0.2) is 0 Å². The Kier molecular flexibility index (Phi) is 1.40. The fourth-order valence-electron chi connectivity index (χ4n) is 1.94. The molecule has 3 atom stereocenters. The van der Waals surface area contributed by atoms with Gasteiger partial charge < -0.3 is 5.32 Å². The molecular weight excluding hydrogens is 124 g/mol. The molecular formula is C8H14N2. The molecule has 2 nitrogen and oxygen atoms in total. The molecule has 1 fully saturated rings. The van der Waals surface area contributed by atoms with Crippen molar-refractivity contribution in [3.8, 4) is 0 Å². The second-order valence-electron chi connectivity index (χ2n) is 3.54. The van der Waals surface area contributed by atoms with Crippen molar-refractivity contribution in [2.24, 2.45) is 10.9 Å². The van der Waals surface area contributed by atoms with Crippen LogP contribution in [0.15, 0.2) is 4.99 Å². The van der Waals surface area contributed by atoms with Gasteiger partial charge in [-0.3, -0.25) is 4.99 Å². The van der Waals surface area contributed by atoms with Gasteiger partial charge in [-0.15, -0.1) is 0 Å². The fourth-order valence-corrected chi connectivity index (χ4v) is 1.94. The molecule has 0 radical (unpaired) electrons. The Morgan fingerprint density at radius 1 is 1.50 bits per heavy atom. The average molecular weight is 138 g/mol. The molecule has 1 heterocycles. The number of aliphatic imine (C=N–C) groups is 1. The minimum Gasteiger partial charge on any atom is -0.372 e. The summed E-state index contributed by atoms with van der Waals surface area (Å²) in [5.41, 5.74) is 0. The molecule has 2 aliphatic rings. The highest BCUT2D eigenvalue weighted by Crippen LogP contribution is 2.27. The Balaban J connectivity index is 2.01. The van der Waals surface area contributed by atoms with Crippen molar-refractivity contribution >= 4 is 6.34 Å². The molecule has 1 aliphatic carbocycles. The first-order chi connectivity index (χ1) is 4.86. The van der Waals surface area contributed by atoms with E-state index >= 15 is 0 Å². The minimum absolute atomic E-state index is 0.601. The maximum Gasteiger partial charge on any atom is 0.0831 e. The van der Waals surface area contributed by atoms with Crippen molar-refractivity contribution in [3.63, 3.8) is 0 Å². The smallest absolute Gasteiger partial charge is 0.0831 e. The highest BCUT2D eigenvalue weighted by molar-refractivity contribution is 5.58. The molecule has 1 N–H and O–H groups in total. The van der Waals surface area contributed by atoms with Gasteiger partial charge in [0.1, 0.15) is 0 Å². The first-order valence-electron chi connectivity index (χ1n) is 4.14. The SMILES string of the molecule is CC1CCC2NC=NC2C1. The zero-order chi connectivity index (χ0) is 6.97. The van der Waals surface area contributed by atoms with E-state index in [2.05, 4.69) is 17.2 Å². The third-order valence-corrected chi connectivity index (χ3v) is 2.63. The third-order valence-electron chi connectivity index (χ3n) is 2.63. The van der Waals surface area contributed by atoms with Crippen LogP contribution in [0, 0.1) is 5.92 Å². The number of fused-ring (bicyclic) bond motifs is 1. The molecule has 0 aromatic carbocycles. The van der Waals surface area contributed by atoms with E-state index in [1.807, 2.05) is 6.34 Å². The zero-order valence-corrected chi connectivity index (χ0v) is 6.38. The second-order valence-corrected chi connectivity index (χ2v) is 3.54. The molecule has 0 saturated heterocycles. The van der Waals surface area contributed by atoms with Gasteiger partial charge >= 0.3 is 0 Å². The van der Waals surface area contributed by atoms with Gasteiger partial charge in [-0.2, -0.15) is 0 Å². The molecule has 1 saturated carbocycles. The molecule has 2 heteroatoms. The maximum absolute atomic E-state index is 4.37. The molecule has 0 aromatic rings. The second kappa shape index (κ2) is 2.26. The van der Waals surface area contributed by atoms with E-state index in [1.54, 1.807) is 0 Å². The summed E-state index contributed by atoms with van der Waals surface area (Å²) >= 11 is 0. The van der Waals surface area contributed by atoms with Gasteiger partial charge in [-0.25, -0.2) is 0 Å². The lowest BCUT2D eigenvalue weighted by molar-refractivity contribution is 0.308. The number of nitrogens with one attached hydrogen (secondary N) is 1. The molecule has 0 bridgehead atoms. The average Bonchev–Trinajstić information content (AvgIpc) is 2.33. The molecule has 0 spiro atoms. The number of rotatable bonds is 0. The van der Waals surface area contributed by atoms with Gasteiger partial charge in [0.25, 0.3) is 0 Å². The van der Waals surface area contributed by atoms with Gasteiger partial charge in [0, 0.05) is 6.04 Å². The van der Waals surface area contributed by atoms with Crippen LogP contribution >= 0.6 is 0 Å². The quantitative estimate of drug-likeness (QED) is 0.534. The highest BCUT2D eigenvalue weighted by Gasteiger charge is 2.29. The Labute approximate surface area is 61.7 Å². The molecule has 1 aliphatic heterocycles. The summed E-state index contributed by atoms with van der Waals surface area (Å²) in [6.45, 7) is 2.32. The van der Waals surface area contributed by atoms with Crippen LogP contribution in [-0.2, 0) is 0 Å². The summed E-state index contributed by atoms with van der Waals surface area (Å²) in [5, 5.41) is 3.29. The van der Waals surface area contributed by atoms with Crippen LogP contribution in [0.3, 0.4) is 0 Å². The minimum atomic E-state index is 0.601. The van der Waals surface area contributed by atoms with Crippen LogP contribution in [0.2, 0.25) is 0 Å². The van der Waals surface area contributed by atoms with Crippen molar-refractivity contribution < 1.29 is 0 Å². The molecule has 0 amide bonds.